The summed E-state index contributed by atoms with van der Waals surface area (Å²) in [6, 6.07) is 9.37. The Morgan fingerprint density at radius 2 is 2.12 bits per heavy atom. The van der Waals surface area contributed by atoms with E-state index in [2.05, 4.69) is 15.5 Å². The molecule has 1 aromatic carbocycles. The van der Waals surface area contributed by atoms with Gasteiger partial charge in [0.1, 0.15) is 11.1 Å². The topological polar surface area (TPSA) is 84.4 Å². The maximum atomic E-state index is 12.8. The predicted octanol–water partition coefficient (Wildman–Crippen LogP) is 2.55. The van der Waals surface area contributed by atoms with E-state index in [0.717, 1.165) is 30.0 Å². The predicted molar refractivity (Wildman–Crippen MR) is 96.5 cm³/mol. The number of anilines is 1. The summed E-state index contributed by atoms with van der Waals surface area (Å²) in [4.78, 5) is 26.7. The van der Waals surface area contributed by atoms with Crippen LogP contribution in [0.3, 0.4) is 0 Å². The Kier molecular flexibility index (Phi) is 4.69. The molecule has 7 nitrogen and oxygen atoms in total. The number of rotatable bonds is 4. The highest BCUT2D eigenvalue weighted by atomic mass is 32.1. The zero-order chi connectivity index (χ0) is 18.1. The molecular formula is C18H20N4O3S. The fraction of sp³-hybridized carbons (Fsp3) is 0.444. The number of amides is 2. The van der Waals surface area contributed by atoms with Gasteiger partial charge in [0.2, 0.25) is 16.9 Å². The molecule has 4 rings (SSSR count). The summed E-state index contributed by atoms with van der Waals surface area (Å²) in [7, 11) is 1.74. The lowest BCUT2D eigenvalue weighted by atomic mass is 9.93. The van der Waals surface area contributed by atoms with Crippen molar-refractivity contribution in [3.8, 4) is 0 Å². The van der Waals surface area contributed by atoms with Crippen LogP contribution in [0.4, 0.5) is 5.13 Å². The largest absolute Gasteiger partial charge is 0.371 e. The number of benzene rings is 1. The number of carbonyl (C=O) groups is 2. The highest BCUT2D eigenvalue weighted by molar-refractivity contribution is 7.15. The third kappa shape index (κ3) is 3.22. The highest BCUT2D eigenvalue weighted by Crippen LogP contribution is 2.38. The molecule has 1 aromatic heterocycles. The van der Waals surface area contributed by atoms with E-state index in [1.165, 1.54) is 11.3 Å². The Labute approximate surface area is 155 Å². The molecule has 3 atom stereocenters. The fourth-order valence-corrected chi connectivity index (χ4v) is 4.43. The van der Waals surface area contributed by atoms with Crippen molar-refractivity contribution in [3.63, 3.8) is 0 Å². The van der Waals surface area contributed by atoms with E-state index in [1.54, 1.807) is 11.9 Å². The first-order valence-electron chi connectivity index (χ1n) is 8.70. The van der Waals surface area contributed by atoms with Crippen LogP contribution in [0.1, 0.15) is 42.0 Å². The Balaban J connectivity index is 1.50. The van der Waals surface area contributed by atoms with E-state index in [-0.39, 0.29) is 30.4 Å². The van der Waals surface area contributed by atoms with Gasteiger partial charge >= 0.3 is 0 Å². The first-order valence-corrected chi connectivity index (χ1v) is 9.51. The Morgan fingerprint density at radius 1 is 1.31 bits per heavy atom. The smallest absolute Gasteiger partial charge is 0.232 e. The molecule has 2 saturated heterocycles. The second-order valence-corrected chi connectivity index (χ2v) is 7.62. The summed E-state index contributed by atoms with van der Waals surface area (Å²) in [5, 5.41) is 12.3. The van der Waals surface area contributed by atoms with Crippen molar-refractivity contribution < 1.29 is 14.3 Å². The standard InChI is InChI=1S/C18H20N4O3S/c1-22-14(23)10-12(15(22)11-6-3-2-4-7-11)16(24)19-18-21-20-17(26-18)13-8-5-9-25-13/h2-4,6-7,12-13,15H,5,8-10H2,1H3,(H,19,21,24)/t12-,13-,15+/m1/s1. The quantitative estimate of drug-likeness (QED) is 0.892. The van der Waals surface area contributed by atoms with E-state index < -0.39 is 5.92 Å². The van der Waals surface area contributed by atoms with Crippen molar-refractivity contribution in [2.45, 2.75) is 31.4 Å². The summed E-state index contributed by atoms with van der Waals surface area (Å²) in [5.74, 6) is -0.687. The average molecular weight is 372 g/mol. The summed E-state index contributed by atoms with van der Waals surface area (Å²) >= 11 is 1.34. The molecule has 0 aliphatic carbocycles. The van der Waals surface area contributed by atoms with E-state index >= 15 is 0 Å². The number of ether oxygens (including phenoxy) is 1. The molecule has 0 unspecified atom stereocenters. The van der Waals surface area contributed by atoms with Crippen LogP contribution in [0.15, 0.2) is 30.3 Å². The molecule has 0 saturated carbocycles. The van der Waals surface area contributed by atoms with Crippen molar-refractivity contribution in [1.29, 1.82) is 0 Å². The second kappa shape index (κ2) is 7.13. The Hall–Kier alpha value is -2.32. The van der Waals surface area contributed by atoms with Crippen molar-refractivity contribution in [2.24, 2.45) is 5.92 Å². The minimum Gasteiger partial charge on any atom is -0.371 e. The monoisotopic (exact) mass is 372 g/mol. The van der Waals surface area contributed by atoms with Crippen LogP contribution in [0.2, 0.25) is 0 Å². The first kappa shape index (κ1) is 17.1. The minimum atomic E-state index is -0.454. The van der Waals surface area contributed by atoms with Gasteiger partial charge in [-0.3, -0.25) is 9.59 Å². The molecular weight excluding hydrogens is 352 g/mol. The van der Waals surface area contributed by atoms with Gasteiger partial charge < -0.3 is 15.0 Å². The van der Waals surface area contributed by atoms with Crippen molar-refractivity contribution in [3.05, 3.63) is 40.9 Å². The summed E-state index contributed by atoms with van der Waals surface area (Å²) in [6.45, 7) is 0.737. The molecule has 26 heavy (non-hydrogen) atoms. The number of nitrogens with one attached hydrogen (secondary N) is 1. The van der Waals surface area contributed by atoms with Gasteiger partial charge in [-0.05, 0) is 18.4 Å². The van der Waals surface area contributed by atoms with Crippen molar-refractivity contribution in [1.82, 2.24) is 15.1 Å². The molecule has 2 aliphatic rings. The maximum absolute atomic E-state index is 12.8. The number of nitrogens with zero attached hydrogens (tertiary/aromatic N) is 3. The van der Waals surface area contributed by atoms with Gasteiger partial charge in [-0.2, -0.15) is 0 Å². The van der Waals surface area contributed by atoms with Gasteiger partial charge in [0.05, 0.1) is 12.0 Å². The summed E-state index contributed by atoms with van der Waals surface area (Å²) in [5.41, 5.74) is 0.957. The molecule has 0 radical (unpaired) electrons. The van der Waals surface area contributed by atoms with Crippen LogP contribution in [0, 0.1) is 5.92 Å². The lowest BCUT2D eigenvalue weighted by Gasteiger charge is -2.24. The van der Waals surface area contributed by atoms with E-state index in [9.17, 15) is 9.59 Å². The third-order valence-corrected chi connectivity index (χ3v) is 5.87. The molecule has 136 valence electrons. The zero-order valence-corrected chi connectivity index (χ0v) is 15.2. The van der Waals surface area contributed by atoms with Gasteiger partial charge in [0, 0.05) is 20.1 Å². The highest BCUT2D eigenvalue weighted by Gasteiger charge is 2.42. The van der Waals surface area contributed by atoms with Crippen LogP contribution in [-0.4, -0.2) is 40.6 Å². The molecule has 2 aliphatic heterocycles. The zero-order valence-electron chi connectivity index (χ0n) is 14.4. The van der Waals surface area contributed by atoms with Crippen molar-refractivity contribution in [2.75, 3.05) is 19.0 Å². The molecule has 0 spiro atoms. The normalized spacial score (nSPS) is 25.7. The van der Waals surface area contributed by atoms with Crippen LogP contribution in [-0.2, 0) is 14.3 Å². The van der Waals surface area contributed by atoms with Gasteiger partial charge in [-0.1, -0.05) is 41.7 Å². The number of carbonyl (C=O) groups excluding carboxylic acids is 2. The van der Waals surface area contributed by atoms with E-state index in [1.807, 2.05) is 30.3 Å². The lowest BCUT2D eigenvalue weighted by Crippen LogP contribution is -2.29. The Morgan fingerprint density at radius 3 is 2.85 bits per heavy atom. The molecule has 8 heteroatoms. The SMILES string of the molecule is CN1C(=O)C[C@@H](C(=O)Nc2nnc([C@H]3CCCO3)s2)[C@@H]1c1ccccc1. The fourth-order valence-electron chi connectivity index (χ4n) is 3.60. The molecule has 3 heterocycles. The molecule has 2 aromatic rings. The van der Waals surface area contributed by atoms with Crippen LogP contribution < -0.4 is 5.32 Å². The molecule has 1 N–H and O–H groups in total. The number of hydrogen-bond donors (Lipinski definition) is 1. The lowest BCUT2D eigenvalue weighted by molar-refractivity contribution is -0.127. The molecule has 2 amide bonds. The molecule has 2 fully saturated rings. The summed E-state index contributed by atoms with van der Waals surface area (Å²) < 4.78 is 5.60. The summed E-state index contributed by atoms with van der Waals surface area (Å²) in [6.07, 6.45) is 2.12. The minimum absolute atomic E-state index is 0.0191. The number of likely N-dealkylation sites (tertiary alicyclic amines) is 1. The molecule has 0 bridgehead atoms. The Bertz CT molecular complexity index is 804. The second-order valence-electron chi connectivity index (χ2n) is 6.61. The average Bonchev–Trinajstić information content (AvgIpc) is 3.37. The first-order chi connectivity index (χ1) is 12.6. The van der Waals surface area contributed by atoms with Crippen LogP contribution in [0.25, 0.3) is 0 Å². The van der Waals surface area contributed by atoms with Crippen molar-refractivity contribution >= 4 is 28.3 Å². The van der Waals surface area contributed by atoms with Gasteiger partial charge in [0.15, 0.2) is 0 Å². The van der Waals surface area contributed by atoms with E-state index in [0.29, 0.717) is 5.13 Å². The van der Waals surface area contributed by atoms with Gasteiger partial charge in [0.25, 0.3) is 0 Å². The van der Waals surface area contributed by atoms with Crippen LogP contribution >= 0.6 is 11.3 Å². The third-order valence-electron chi connectivity index (χ3n) is 4.94. The van der Waals surface area contributed by atoms with Gasteiger partial charge in [-0.15, -0.1) is 10.2 Å². The van der Waals surface area contributed by atoms with Gasteiger partial charge in [-0.25, -0.2) is 0 Å². The van der Waals surface area contributed by atoms with Crippen LogP contribution in [0.5, 0.6) is 0 Å². The number of hydrogen-bond acceptors (Lipinski definition) is 6. The van der Waals surface area contributed by atoms with E-state index in [4.69, 9.17) is 4.74 Å². The number of aromatic nitrogens is 2. The maximum Gasteiger partial charge on any atom is 0.232 e.